The molecule has 2 heterocycles. The lowest BCUT2D eigenvalue weighted by atomic mass is 10.1. The van der Waals surface area contributed by atoms with Crippen LogP contribution in [-0.2, 0) is 14.8 Å². The van der Waals surface area contributed by atoms with Crippen LogP contribution in [0.25, 0.3) is 0 Å². The summed E-state index contributed by atoms with van der Waals surface area (Å²) in [4.78, 5) is 35.0. The average Bonchev–Trinajstić information content (AvgIpc) is 3.18. The van der Waals surface area contributed by atoms with E-state index in [9.17, 15) is 36.0 Å². The second-order valence-corrected chi connectivity index (χ2v) is 7.99. The highest BCUT2D eigenvalue weighted by Crippen LogP contribution is 2.28. The minimum absolute atomic E-state index is 0.0276. The zero-order valence-corrected chi connectivity index (χ0v) is 14.5. The van der Waals surface area contributed by atoms with Crippen molar-refractivity contribution in [3.05, 3.63) is 29.3 Å². The number of imide groups is 1. The summed E-state index contributed by atoms with van der Waals surface area (Å²) in [5, 5.41) is 3.73. The van der Waals surface area contributed by atoms with Gasteiger partial charge in [-0.05, 0) is 31.0 Å². The summed E-state index contributed by atoms with van der Waals surface area (Å²) in [5.74, 6) is -2.43. The standard InChI is InChI=1S/C15H14F3N3O5S/c16-15(17,18)7-19-14(24)11-2-1-5-21(11)27(25,26)8-3-4-9-10(6-8)13(23)20-12(9)22/h3-4,6,11H,1-2,5,7H2,(H,19,24)(H,20,22,23). The van der Waals surface area contributed by atoms with Gasteiger partial charge in [-0.1, -0.05) is 0 Å². The molecule has 2 N–H and O–H groups in total. The molecule has 3 rings (SSSR count). The highest BCUT2D eigenvalue weighted by atomic mass is 32.2. The molecule has 0 aromatic heterocycles. The van der Waals surface area contributed by atoms with Gasteiger partial charge in [-0.3, -0.25) is 19.7 Å². The van der Waals surface area contributed by atoms with Crippen LogP contribution in [0.4, 0.5) is 13.2 Å². The number of halogens is 3. The van der Waals surface area contributed by atoms with E-state index in [-0.39, 0.29) is 29.0 Å². The van der Waals surface area contributed by atoms with Gasteiger partial charge in [-0.15, -0.1) is 0 Å². The van der Waals surface area contributed by atoms with Crippen molar-refractivity contribution in [1.82, 2.24) is 14.9 Å². The van der Waals surface area contributed by atoms with Crippen LogP contribution < -0.4 is 10.6 Å². The summed E-state index contributed by atoms with van der Waals surface area (Å²) in [5.41, 5.74) is -0.0850. The minimum atomic E-state index is -4.61. The molecule has 1 saturated heterocycles. The smallest absolute Gasteiger partial charge is 0.346 e. The maximum absolute atomic E-state index is 12.8. The maximum atomic E-state index is 12.8. The van der Waals surface area contributed by atoms with Crippen LogP contribution in [0.1, 0.15) is 33.6 Å². The van der Waals surface area contributed by atoms with E-state index < -0.39 is 46.5 Å². The SMILES string of the molecule is O=C1NC(=O)c2cc(S(=O)(=O)N3CCCC3C(=O)NCC(F)(F)F)ccc21. The number of hydrogen-bond donors (Lipinski definition) is 2. The first-order chi connectivity index (χ1) is 12.5. The zero-order valence-electron chi connectivity index (χ0n) is 13.7. The van der Waals surface area contributed by atoms with Crippen molar-refractivity contribution in [2.45, 2.75) is 30.0 Å². The third-order valence-electron chi connectivity index (χ3n) is 4.28. The Morgan fingerprint density at radius 1 is 1.22 bits per heavy atom. The lowest BCUT2D eigenvalue weighted by molar-refractivity contribution is -0.140. The van der Waals surface area contributed by atoms with Gasteiger partial charge in [0.2, 0.25) is 15.9 Å². The number of nitrogens with zero attached hydrogens (tertiary/aromatic N) is 1. The van der Waals surface area contributed by atoms with Crippen molar-refractivity contribution < 1.29 is 36.0 Å². The topological polar surface area (TPSA) is 113 Å². The predicted octanol–water partition coefficient (Wildman–Crippen LogP) is 0.402. The molecule has 0 spiro atoms. The number of sulfonamides is 1. The van der Waals surface area contributed by atoms with Gasteiger partial charge in [-0.2, -0.15) is 17.5 Å². The van der Waals surface area contributed by atoms with Gasteiger partial charge >= 0.3 is 6.18 Å². The summed E-state index contributed by atoms with van der Waals surface area (Å²) < 4.78 is 63.4. The Bertz CT molecular complexity index is 929. The van der Waals surface area contributed by atoms with Gasteiger partial charge in [-0.25, -0.2) is 8.42 Å². The molecule has 1 atom stereocenters. The molecule has 12 heteroatoms. The normalized spacial score (nSPS) is 20.5. The number of carbonyl (C=O) groups is 3. The highest BCUT2D eigenvalue weighted by Gasteiger charge is 2.41. The van der Waals surface area contributed by atoms with E-state index in [2.05, 4.69) is 0 Å². The summed E-state index contributed by atoms with van der Waals surface area (Å²) in [6.45, 7) is -1.61. The van der Waals surface area contributed by atoms with Crippen molar-refractivity contribution in [2.75, 3.05) is 13.1 Å². The molecule has 2 aliphatic rings. The Balaban J connectivity index is 1.86. The molecular weight excluding hydrogens is 391 g/mol. The average molecular weight is 405 g/mol. The fourth-order valence-electron chi connectivity index (χ4n) is 3.04. The van der Waals surface area contributed by atoms with Gasteiger partial charge in [0, 0.05) is 6.54 Å². The molecule has 1 aromatic rings. The molecule has 0 saturated carbocycles. The maximum Gasteiger partial charge on any atom is 0.405 e. The van der Waals surface area contributed by atoms with Crippen LogP contribution in [0.15, 0.2) is 23.1 Å². The highest BCUT2D eigenvalue weighted by molar-refractivity contribution is 7.89. The molecule has 3 amide bonds. The Hall–Kier alpha value is -2.47. The lowest BCUT2D eigenvalue weighted by Gasteiger charge is -2.23. The van der Waals surface area contributed by atoms with E-state index >= 15 is 0 Å². The fraction of sp³-hybridized carbons (Fsp3) is 0.400. The predicted molar refractivity (Wildman–Crippen MR) is 84.2 cm³/mol. The van der Waals surface area contributed by atoms with Crippen LogP contribution in [0.3, 0.4) is 0 Å². The first-order valence-corrected chi connectivity index (χ1v) is 9.31. The number of amides is 3. The van der Waals surface area contributed by atoms with E-state index in [1.54, 1.807) is 5.32 Å². The summed E-state index contributed by atoms with van der Waals surface area (Å²) in [6, 6.07) is 2.04. The number of rotatable bonds is 4. The minimum Gasteiger partial charge on any atom is -0.346 e. The van der Waals surface area contributed by atoms with Crippen LogP contribution in [0.2, 0.25) is 0 Å². The molecular formula is C15H14F3N3O5S. The molecule has 0 radical (unpaired) electrons. The Morgan fingerprint density at radius 3 is 2.56 bits per heavy atom. The quantitative estimate of drug-likeness (QED) is 0.705. The van der Waals surface area contributed by atoms with E-state index in [0.717, 1.165) is 16.4 Å². The van der Waals surface area contributed by atoms with Crippen LogP contribution >= 0.6 is 0 Å². The van der Waals surface area contributed by atoms with E-state index in [4.69, 9.17) is 0 Å². The monoisotopic (exact) mass is 405 g/mol. The molecule has 0 aliphatic carbocycles. The molecule has 8 nitrogen and oxygen atoms in total. The molecule has 27 heavy (non-hydrogen) atoms. The summed E-state index contributed by atoms with van der Waals surface area (Å²) in [6.07, 6.45) is -4.24. The van der Waals surface area contributed by atoms with Gasteiger partial charge in [0.05, 0.1) is 16.0 Å². The van der Waals surface area contributed by atoms with Crippen molar-refractivity contribution in [1.29, 1.82) is 0 Å². The van der Waals surface area contributed by atoms with Crippen LogP contribution in [-0.4, -0.2) is 55.8 Å². The van der Waals surface area contributed by atoms with Gasteiger partial charge < -0.3 is 5.32 Å². The Morgan fingerprint density at radius 2 is 1.89 bits per heavy atom. The summed E-state index contributed by atoms with van der Waals surface area (Å²) in [7, 11) is -4.25. The third-order valence-corrected chi connectivity index (χ3v) is 6.19. The lowest BCUT2D eigenvalue weighted by Crippen LogP contribution is -2.47. The van der Waals surface area contributed by atoms with E-state index in [0.29, 0.717) is 6.42 Å². The number of nitrogens with one attached hydrogen (secondary N) is 2. The van der Waals surface area contributed by atoms with Crippen molar-refractivity contribution in [3.63, 3.8) is 0 Å². The zero-order chi connectivity index (χ0) is 20.0. The first-order valence-electron chi connectivity index (χ1n) is 7.87. The van der Waals surface area contributed by atoms with Crippen molar-refractivity contribution in [3.8, 4) is 0 Å². The number of benzene rings is 1. The molecule has 0 bridgehead atoms. The summed E-state index contributed by atoms with van der Waals surface area (Å²) >= 11 is 0. The fourth-order valence-corrected chi connectivity index (χ4v) is 4.72. The van der Waals surface area contributed by atoms with Crippen LogP contribution in [0, 0.1) is 0 Å². The largest absolute Gasteiger partial charge is 0.405 e. The Labute approximate surface area is 151 Å². The molecule has 1 unspecified atom stereocenters. The number of hydrogen-bond acceptors (Lipinski definition) is 5. The van der Waals surface area contributed by atoms with Crippen molar-refractivity contribution >= 4 is 27.7 Å². The Kier molecular flexibility index (Phi) is 4.72. The molecule has 1 fully saturated rings. The molecule has 2 aliphatic heterocycles. The number of alkyl halides is 3. The number of carbonyl (C=O) groups excluding carboxylic acids is 3. The molecule has 146 valence electrons. The molecule has 1 aromatic carbocycles. The van der Waals surface area contributed by atoms with Gasteiger partial charge in [0.25, 0.3) is 11.8 Å². The first kappa shape index (κ1) is 19.3. The van der Waals surface area contributed by atoms with Gasteiger partial charge in [0.15, 0.2) is 0 Å². The van der Waals surface area contributed by atoms with E-state index in [1.165, 1.54) is 6.07 Å². The second-order valence-electron chi connectivity index (χ2n) is 6.10. The van der Waals surface area contributed by atoms with Gasteiger partial charge in [0.1, 0.15) is 12.6 Å². The van der Waals surface area contributed by atoms with Crippen LogP contribution in [0.5, 0.6) is 0 Å². The van der Waals surface area contributed by atoms with Crippen molar-refractivity contribution in [2.24, 2.45) is 0 Å². The third kappa shape index (κ3) is 3.67. The number of fused-ring (bicyclic) bond motifs is 1. The van der Waals surface area contributed by atoms with E-state index in [1.807, 2.05) is 5.32 Å². The second kappa shape index (κ2) is 6.60.